The van der Waals surface area contributed by atoms with E-state index in [4.69, 9.17) is 5.73 Å². The Kier molecular flexibility index (Phi) is 9.80. The van der Waals surface area contributed by atoms with Gasteiger partial charge in [-0.05, 0) is 47.8 Å². The first-order valence-corrected chi connectivity index (χ1v) is 17.4. The molecule has 0 radical (unpaired) electrons. The Bertz CT molecular complexity index is 1150. The lowest BCUT2D eigenvalue weighted by Crippen LogP contribution is -2.63. The molecule has 4 fully saturated rings. The number of carbonyl (C=O) groups excluding carboxylic acids is 5. The van der Waals surface area contributed by atoms with E-state index in [1.807, 2.05) is 32.5 Å². The molecule has 4 rings (SSSR count). The molecule has 0 aromatic rings. The van der Waals surface area contributed by atoms with E-state index in [1.165, 1.54) is 0 Å². The Balaban J connectivity index is 1.52. The molecular weight excluding hydrogens is 578 g/mol. The molecule has 0 spiro atoms. The van der Waals surface area contributed by atoms with Crippen LogP contribution in [0.25, 0.3) is 0 Å². The van der Waals surface area contributed by atoms with Crippen LogP contribution in [0.5, 0.6) is 0 Å². The largest absolute Gasteiger partial charge is 0.363 e. The number of carbonyl (C=O) groups is 5. The van der Waals surface area contributed by atoms with Crippen LogP contribution >= 0.6 is 11.8 Å². The molecule has 3 saturated carbocycles. The van der Waals surface area contributed by atoms with Gasteiger partial charge in [0.1, 0.15) is 12.1 Å². The molecule has 248 valence electrons. The summed E-state index contributed by atoms with van der Waals surface area (Å²) in [6, 6.07) is -3.03. The van der Waals surface area contributed by atoms with Crippen molar-refractivity contribution in [2.24, 2.45) is 34.3 Å². The molecule has 1 unspecified atom stereocenters. The second-order valence-corrected chi connectivity index (χ2v) is 18.3. The van der Waals surface area contributed by atoms with Gasteiger partial charge in [0.05, 0.1) is 11.6 Å². The standard InChI is InChI=1S/C33H55N5O5S/c1-30(2,3)25(36-29(43)37-33(14-10-9-11-15-33)18-44-31(4,5)6)28(42)38-17-20-22(32(20,7)8)23(38)27(41)35-21(16-19-12-13-19)24(39)26(34)40/h19-23,25H,9-18H2,1-8H3,(H2,34,40)(H,35,41)(H2,36,37,43)/t20-,21?,22-,23-,25+/m0/s1. The number of nitrogens with two attached hydrogens (primary N) is 1. The van der Waals surface area contributed by atoms with E-state index < -0.39 is 41.1 Å². The van der Waals surface area contributed by atoms with Gasteiger partial charge < -0.3 is 26.6 Å². The number of nitrogens with zero attached hydrogens (tertiary/aromatic N) is 1. The molecular formula is C33H55N5O5S. The van der Waals surface area contributed by atoms with Crippen LogP contribution in [0.2, 0.25) is 0 Å². The minimum absolute atomic E-state index is 0.0617. The monoisotopic (exact) mass is 633 g/mol. The molecule has 1 aliphatic heterocycles. The maximum absolute atomic E-state index is 14.3. The van der Waals surface area contributed by atoms with Gasteiger partial charge in [-0.3, -0.25) is 19.2 Å². The maximum Gasteiger partial charge on any atom is 0.315 e. The van der Waals surface area contributed by atoms with Crippen LogP contribution in [-0.4, -0.2) is 75.1 Å². The molecule has 3 aliphatic carbocycles. The van der Waals surface area contributed by atoms with E-state index in [9.17, 15) is 24.0 Å². The zero-order valence-electron chi connectivity index (χ0n) is 28.0. The van der Waals surface area contributed by atoms with Gasteiger partial charge in [0.15, 0.2) is 0 Å². The van der Waals surface area contributed by atoms with Crippen LogP contribution in [0, 0.1) is 28.6 Å². The van der Waals surface area contributed by atoms with Gasteiger partial charge in [-0.25, -0.2) is 4.79 Å². The van der Waals surface area contributed by atoms with Gasteiger partial charge in [0.25, 0.3) is 5.91 Å². The van der Waals surface area contributed by atoms with Crippen molar-refractivity contribution in [1.29, 1.82) is 0 Å². The van der Waals surface area contributed by atoms with Gasteiger partial charge in [-0.15, -0.1) is 0 Å². The number of urea groups is 1. The Morgan fingerprint density at radius 1 is 0.955 bits per heavy atom. The number of rotatable bonds is 11. The van der Waals surface area contributed by atoms with Gasteiger partial charge in [-0.1, -0.05) is 87.5 Å². The number of amides is 5. The molecule has 5 atom stereocenters. The van der Waals surface area contributed by atoms with Gasteiger partial charge in [0.2, 0.25) is 17.6 Å². The third-order valence-electron chi connectivity index (χ3n) is 10.3. The summed E-state index contributed by atoms with van der Waals surface area (Å²) in [5.74, 6) is -1.49. The lowest BCUT2D eigenvalue weighted by Gasteiger charge is -2.41. The Morgan fingerprint density at radius 2 is 1.57 bits per heavy atom. The highest BCUT2D eigenvalue weighted by Crippen LogP contribution is 2.65. The zero-order chi connectivity index (χ0) is 32.8. The number of nitrogens with one attached hydrogen (secondary N) is 3. The summed E-state index contributed by atoms with van der Waals surface area (Å²) in [5.41, 5.74) is 4.21. The fourth-order valence-electron chi connectivity index (χ4n) is 7.27. The number of piperidine rings is 1. The van der Waals surface area contributed by atoms with Crippen LogP contribution in [0.15, 0.2) is 0 Å². The summed E-state index contributed by atoms with van der Waals surface area (Å²) < 4.78 is 0.0617. The molecule has 5 N–H and O–H groups in total. The van der Waals surface area contributed by atoms with Crippen LogP contribution in [0.3, 0.4) is 0 Å². The fraction of sp³-hybridized carbons (Fsp3) is 0.848. The van der Waals surface area contributed by atoms with E-state index in [0.717, 1.165) is 50.7 Å². The smallest absolute Gasteiger partial charge is 0.315 e. The van der Waals surface area contributed by atoms with E-state index in [1.54, 1.807) is 4.90 Å². The first-order chi connectivity index (χ1) is 20.3. The second kappa shape index (κ2) is 12.5. The predicted molar refractivity (Wildman–Crippen MR) is 173 cm³/mol. The number of hydrogen-bond donors (Lipinski definition) is 4. The Labute approximate surface area is 267 Å². The number of thioether (sulfide) groups is 1. The van der Waals surface area contributed by atoms with E-state index in [-0.39, 0.29) is 45.4 Å². The number of hydrogen-bond acceptors (Lipinski definition) is 6. The van der Waals surface area contributed by atoms with Crippen LogP contribution in [-0.2, 0) is 19.2 Å². The lowest BCUT2D eigenvalue weighted by atomic mass is 9.83. The normalized spacial score (nSPS) is 27.0. The molecule has 4 aliphatic rings. The fourth-order valence-corrected chi connectivity index (χ4v) is 8.34. The molecule has 0 aromatic heterocycles. The van der Waals surface area contributed by atoms with Crippen molar-refractivity contribution in [3.63, 3.8) is 0 Å². The summed E-state index contributed by atoms with van der Waals surface area (Å²) >= 11 is 1.84. The number of fused-ring (bicyclic) bond motifs is 1. The topological polar surface area (TPSA) is 151 Å². The SMILES string of the molecule is CC(C)(C)SCC1(NC(=O)N[C@H](C(=O)N2C[C@H]3[C@@H]([C@H]2C(=O)NC(CC2CC2)C(=O)C(N)=O)C3(C)C)C(C)(C)C)CCCCC1. The third-order valence-corrected chi connectivity index (χ3v) is 11.8. The average Bonchev–Trinajstić information content (AvgIpc) is 3.76. The average molecular weight is 634 g/mol. The maximum atomic E-state index is 14.3. The Hall–Kier alpha value is -2.30. The second-order valence-electron chi connectivity index (χ2n) is 16.5. The van der Waals surface area contributed by atoms with E-state index in [0.29, 0.717) is 13.0 Å². The van der Waals surface area contributed by atoms with Crippen molar-refractivity contribution < 1.29 is 24.0 Å². The minimum atomic E-state index is -1.07. The number of ketones is 1. The molecule has 11 heteroatoms. The first kappa shape index (κ1) is 34.6. The minimum Gasteiger partial charge on any atom is -0.363 e. The van der Waals surface area contributed by atoms with Crippen molar-refractivity contribution >= 4 is 41.3 Å². The van der Waals surface area contributed by atoms with Crippen LogP contribution in [0.1, 0.15) is 107 Å². The van der Waals surface area contributed by atoms with Gasteiger partial charge >= 0.3 is 6.03 Å². The highest BCUT2D eigenvalue weighted by molar-refractivity contribution is 8.00. The zero-order valence-corrected chi connectivity index (χ0v) is 28.8. The number of primary amides is 1. The summed E-state index contributed by atoms with van der Waals surface area (Å²) in [7, 11) is 0. The summed E-state index contributed by atoms with van der Waals surface area (Å²) in [5, 5.41) is 9.12. The van der Waals surface area contributed by atoms with Crippen molar-refractivity contribution in [3.05, 3.63) is 0 Å². The summed E-state index contributed by atoms with van der Waals surface area (Å²) in [6.45, 7) is 16.8. The van der Waals surface area contributed by atoms with E-state index in [2.05, 4.69) is 50.6 Å². The molecule has 1 saturated heterocycles. The molecule has 1 heterocycles. The number of likely N-dealkylation sites (tertiary alicyclic amines) is 1. The predicted octanol–water partition coefficient (Wildman–Crippen LogP) is 3.76. The Morgan fingerprint density at radius 3 is 2.09 bits per heavy atom. The molecule has 0 aromatic carbocycles. The van der Waals surface area contributed by atoms with Crippen molar-refractivity contribution in [2.45, 2.75) is 135 Å². The van der Waals surface area contributed by atoms with E-state index >= 15 is 0 Å². The highest BCUT2D eigenvalue weighted by Gasteiger charge is 2.70. The molecule has 0 bridgehead atoms. The first-order valence-electron chi connectivity index (χ1n) is 16.4. The number of Topliss-reactive ketones (excluding diaryl/α,β-unsaturated/α-hetero) is 1. The third kappa shape index (κ3) is 7.91. The van der Waals surface area contributed by atoms with Crippen LogP contribution < -0.4 is 21.7 Å². The highest BCUT2D eigenvalue weighted by atomic mass is 32.2. The molecule has 10 nitrogen and oxygen atoms in total. The summed E-state index contributed by atoms with van der Waals surface area (Å²) in [4.78, 5) is 67.8. The van der Waals surface area contributed by atoms with Gasteiger partial charge in [0, 0.05) is 17.0 Å². The van der Waals surface area contributed by atoms with Gasteiger partial charge in [-0.2, -0.15) is 11.8 Å². The van der Waals surface area contributed by atoms with Crippen molar-refractivity contribution in [1.82, 2.24) is 20.9 Å². The summed E-state index contributed by atoms with van der Waals surface area (Å²) in [6.07, 6.45) is 7.31. The van der Waals surface area contributed by atoms with Crippen LogP contribution in [0.4, 0.5) is 4.79 Å². The molecule has 44 heavy (non-hydrogen) atoms. The lowest BCUT2D eigenvalue weighted by molar-refractivity contribution is -0.145. The van der Waals surface area contributed by atoms with Crippen molar-refractivity contribution in [3.8, 4) is 0 Å². The van der Waals surface area contributed by atoms with Crippen molar-refractivity contribution in [2.75, 3.05) is 12.3 Å². The molecule has 5 amide bonds. The quantitative estimate of drug-likeness (QED) is 0.255.